The summed E-state index contributed by atoms with van der Waals surface area (Å²) in [7, 11) is 0. The van der Waals surface area contributed by atoms with Crippen LogP contribution in [0.15, 0.2) is 24.3 Å². The Kier molecular flexibility index (Phi) is 2.65. The Labute approximate surface area is 72.0 Å². The van der Waals surface area contributed by atoms with Gasteiger partial charge < -0.3 is 0 Å². The molecule has 0 N–H and O–H groups in total. The minimum atomic E-state index is -2.36. The first-order valence-corrected chi connectivity index (χ1v) is 4.24. The predicted molar refractivity (Wildman–Crippen MR) is 46.2 cm³/mol. The predicted octanol–water partition coefficient (Wildman–Crippen LogP) is 3.55. The molecule has 1 rings (SSSR count). The van der Waals surface area contributed by atoms with Gasteiger partial charge in [0.15, 0.2) is 0 Å². The van der Waals surface area contributed by atoms with Crippen molar-refractivity contribution in [3.05, 3.63) is 24.3 Å². The molecule has 0 aromatic rings. The van der Waals surface area contributed by atoms with Crippen molar-refractivity contribution >= 4 is 0 Å². The summed E-state index contributed by atoms with van der Waals surface area (Å²) in [6.45, 7) is 5.66. The van der Waals surface area contributed by atoms with Crippen LogP contribution in [-0.2, 0) is 0 Å². The van der Waals surface area contributed by atoms with E-state index >= 15 is 0 Å². The van der Waals surface area contributed by atoms with Gasteiger partial charge in [-0.15, -0.1) is 0 Å². The normalized spacial score (nSPS) is 26.1. The largest absolute Gasteiger partial charge is 0.251 e. The summed E-state index contributed by atoms with van der Waals surface area (Å²) in [4.78, 5) is 0. The van der Waals surface area contributed by atoms with Crippen molar-refractivity contribution in [1.82, 2.24) is 0 Å². The van der Waals surface area contributed by atoms with Gasteiger partial charge in [-0.25, -0.2) is 8.78 Å². The lowest BCUT2D eigenvalue weighted by molar-refractivity contribution is 0.0972. The fraction of sp³-hybridized carbons (Fsp3) is 0.600. The molecule has 0 saturated heterocycles. The molecule has 1 aliphatic carbocycles. The minimum Gasteiger partial charge on any atom is -0.207 e. The zero-order chi connectivity index (χ0) is 9.19. The number of allylic oxidation sites excluding steroid dienone is 3. The van der Waals surface area contributed by atoms with E-state index < -0.39 is 5.92 Å². The number of alkyl halides is 2. The minimum absolute atomic E-state index is 0.0795. The van der Waals surface area contributed by atoms with Crippen LogP contribution in [0.1, 0.15) is 26.2 Å². The zero-order valence-electron chi connectivity index (χ0n) is 7.32. The van der Waals surface area contributed by atoms with Crippen molar-refractivity contribution in [3.63, 3.8) is 0 Å². The summed E-state index contributed by atoms with van der Waals surface area (Å²) < 4.78 is 24.8. The van der Waals surface area contributed by atoms with E-state index in [0.717, 1.165) is 5.57 Å². The third kappa shape index (κ3) is 2.43. The Morgan fingerprint density at radius 3 is 2.67 bits per heavy atom. The van der Waals surface area contributed by atoms with Crippen molar-refractivity contribution in [1.29, 1.82) is 0 Å². The topological polar surface area (TPSA) is 0 Å². The summed E-state index contributed by atoms with van der Waals surface area (Å²) in [6, 6.07) is 0. The molecular weight excluding hydrogens is 158 g/mol. The third-order valence-electron chi connectivity index (χ3n) is 2.17. The molecule has 0 aromatic heterocycles. The van der Waals surface area contributed by atoms with Gasteiger partial charge in [-0.1, -0.05) is 24.3 Å². The van der Waals surface area contributed by atoms with Gasteiger partial charge in [0.05, 0.1) is 0 Å². The fourth-order valence-corrected chi connectivity index (χ4v) is 1.26. The lowest BCUT2D eigenvalue weighted by Crippen LogP contribution is -1.93. The Balaban J connectivity index is 2.16. The highest BCUT2D eigenvalue weighted by molar-refractivity contribution is 5.14. The van der Waals surface area contributed by atoms with Gasteiger partial charge in [-0.2, -0.15) is 0 Å². The molecule has 0 aromatic carbocycles. The monoisotopic (exact) mass is 172 g/mol. The zero-order valence-corrected chi connectivity index (χ0v) is 7.32. The van der Waals surface area contributed by atoms with Crippen molar-refractivity contribution in [2.24, 2.45) is 5.92 Å². The van der Waals surface area contributed by atoms with Gasteiger partial charge in [-0.3, -0.25) is 0 Å². The van der Waals surface area contributed by atoms with Gasteiger partial charge in [-0.05, 0) is 19.8 Å². The molecule has 1 unspecified atom stereocenters. The van der Waals surface area contributed by atoms with E-state index in [1.807, 2.05) is 19.1 Å². The quantitative estimate of drug-likeness (QED) is 0.569. The summed E-state index contributed by atoms with van der Waals surface area (Å²) in [5.41, 5.74) is 0.945. The van der Waals surface area contributed by atoms with Gasteiger partial charge in [0.1, 0.15) is 0 Å². The van der Waals surface area contributed by atoms with Crippen LogP contribution in [0.25, 0.3) is 0 Å². The molecular formula is C10H14F2. The van der Waals surface area contributed by atoms with Gasteiger partial charge in [0, 0.05) is 12.3 Å². The summed E-state index contributed by atoms with van der Waals surface area (Å²) in [5, 5.41) is 0. The second-order valence-electron chi connectivity index (χ2n) is 3.36. The SMILES string of the molecule is C=C(/C=C\C)CCC1CC1(F)F. The lowest BCUT2D eigenvalue weighted by atomic mass is 10.1. The molecule has 0 spiro atoms. The molecule has 1 fully saturated rings. The second kappa shape index (κ2) is 3.38. The highest BCUT2D eigenvalue weighted by Gasteiger charge is 2.55. The van der Waals surface area contributed by atoms with E-state index in [1.54, 1.807) is 0 Å². The number of hydrogen-bond acceptors (Lipinski definition) is 0. The smallest absolute Gasteiger partial charge is 0.207 e. The highest BCUT2D eigenvalue weighted by atomic mass is 19.3. The molecule has 0 aliphatic heterocycles. The average Bonchev–Trinajstić information content (AvgIpc) is 2.56. The molecule has 1 aliphatic rings. The second-order valence-corrected chi connectivity index (χ2v) is 3.36. The molecule has 0 amide bonds. The molecule has 0 nitrogen and oxygen atoms in total. The Bertz CT molecular complexity index is 204. The molecule has 0 heterocycles. The standard InChI is InChI=1S/C10H14F2/c1-3-4-8(2)5-6-9-7-10(9,11)12/h3-4,9H,2,5-7H2,1H3/b4-3-. The fourth-order valence-electron chi connectivity index (χ4n) is 1.26. The van der Waals surface area contributed by atoms with Crippen molar-refractivity contribution in [3.8, 4) is 0 Å². The van der Waals surface area contributed by atoms with Gasteiger partial charge in [0.2, 0.25) is 0 Å². The Hall–Kier alpha value is -0.660. The number of hydrogen-bond donors (Lipinski definition) is 0. The van der Waals surface area contributed by atoms with E-state index in [4.69, 9.17) is 0 Å². The molecule has 1 atom stereocenters. The lowest BCUT2D eigenvalue weighted by Gasteiger charge is -1.98. The first-order chi connectivity index (χ1) is 5.56. The molecule has 0 radical (unpaired) electrons. The van der Waals surface area contributed by atoms with Crippen LogP contribution in [0, 0.1) is 5.92 Å². The van der Waals surface area contributed by atoms with Gasteiger partial charge in [0.25, 0.3) is 5.92 Å². The molecule has 2 heteroatoms. The van der Waals surface area contributed by atoms with E-state index in [2.05, 4.69) is 6.58 Å². The maximum absolute atomic E-state index is 12.4. The van der Waals surface area contributed by atoms with Crippen molar-refractivity contribution in [2.75, 3.05) is 0 Å². The van der Waals surface area contributed by atoms with Crippen LogP contribution in [0.4, 0.5) is 8.78 Å². The van der Waals surface area contributed by atoms with Gasteiger partial charge >= 0.3 is 0 Å². The number of halogens is 2. The Morgan fingerprint density at radius 2 is 2.25 bits per heavy atom. The van der Waals surface area contributed by atoms with Crippen LogP contribution < -0.4 is 0 Å². The summed E-state index contributed by atoms with van der Waals surface area (Å²) >= 11 is 0. The van der Waals surface area contributed by atoms with E-state index in [-0.39, 0.29) is 12.3 Å². The van der Waals surface area contributed by atoms with Crippen LogP contribution in [0.3, 0.4) is 0 Å². The maximum Gasteiger partial charge on any atom is 0.251 e. The molecule has 1 saturated carbocycles. The molecule has 12 heavy (non-hydrogen) atoms. The first-order valence-electron chi connectivity index (χ1n) is 4.24. The first kappa shape index (κ1) is 9.43. The maximum atomic E-state index is 12.4. The Morgan fingerprint density at radius 1 is 1.67 bits per heavy atom. The van der Waals surface area contributed by atoms with Crippen molar-refractivity contribution in [2.45, 2.75) is 32.1 Å². The summed E-state index contributed by atoms with van der Waals surface area (Å²) in [6.07, 6.45) is 5.12. The summed E-state index contributed by atoms with van der Waals surface area (Å²) in [5.74, 6) is -2.74. The van der Waals surface area contributed by atoms with Crippen LogP contribution in [-0.4, -0.2) is 5.92 Å². The van der Waals surface area contributed by atoms with Crippen LogP contribution >= 0.6 is 0 Å². The molecule has 68 valence electrons. The average molecular weight is 172 g/mol. The van der Waals surface area contributed by atoms with Crippen LogP contribution in [0.5, 0.6) is 0 Å². The van der Waals surface area contributed by atoms with E-state index in [1.165, 1.54) is 0 Å². The van der Waals surface area contributed by atoms with E-state index in [0.29, 0.717) is 12.8 Å². The van der Waals surface area contributed by atoms with Crippen LogP contribution in [0.2, 0.25) is 0 Å². The third-order valence-corrected chi connectivity index (χ3v) is 2.17. The van der Waals surface area contributed by atoms with E-state index in [9.17, 15) is 8.78 Å². The number of rotatable bonds is 4. The van der Waals surface area contributed by atoms with Crippen molar-refractivity contribution < 1.29 is 8.78 Å². The highest BCUT2D eigenvalue weighted by Crippen LogP contribution is 2.51. The molecule has 0 bridgehead atoms.